The lowest BCUT2D eigenvalue weighted by molar-refractivity contribution is 0.0599. The Kier molecular flexibility index (Phi) is 3.51. The van der Waals surface area contributed by atoms with Gasteiger partial charge in [0.15, 0.2) is 12.0 Å². The zero-order chi connectivity index (χ0) is 14.0. The van der Waals surface area contributed by atoms with Crippen molar-refractivity contribution >= 4 is 12.3 Å². The van der Waals surface area contributed by atoms with Crippen molar-refractivity contribution in [2.75, 3.05) is 7.11 Å². The minimum atomic E-state index is -0.385. The molecule has 0 unspecified atom stereocenters. The quantitative estimate of drug-likeness (QED) is 0.626. The van der Waals surface area contributed by atoms with Gasteiger partial charge in [0.1, 0.15) is 5.76 Å². The van der Waals surface area contributed by atoms with Crippen molar-refractivity contribution in [1.29, 1.82) is 0 Å². The molecule has 0 amide bonds. The van der Waals surface area contributed by atoms with Crippen molar-refractivity contribution < 1.29 is 18.7 Å². The maximum atomic E-state index is 11.7. The third-order valence-electron chi connectivity index (χ3n) is 3.10. The van der Waals surface area contributed by atoms with Crippen LogP contribution in [-0.2, 0) is 4.74 Å². The van der Waals surface area contributed by atoms with Gasteiger partial charge in [-0.2, -0.15) is 0 Å². The molecule has 4 nitrogen and oxygen atoms in total. The average molecular weight is 258 g/mol. The van der Waals surface area contributed by atoms with Crippen LogP contribution in [0.2, 0.25) is 0 Å². The molecule has 0 saturated carbocycles. The van der Waals surface area contributed by atoms with Crippen LogP contribution in [0.3, 0.4) is 0 Å². The highest BCUT2D eigenvalue weighted by Gasteiger charge is 2.14. The van der Waals surface area contributed by atoms with Crippen LogP contribution in [0.5, 0.6) is 0 Å². The van der Waals surface area contributed by atoms with Crippen LogP contribution in [-0.4, -0.2) is 19.4 Å². The van der Waals surface area contributed by atoms with E-state index in [2.05, 4.69) is 0 Å². The Hall–Kier alpha value is -2.36. The number of hydrogen-bond acceptors (Lipinski definition) is 4. The van der Waals surface area contributed by atoms with E-state index in [9.17, 15) is 9.59 Å². The first kappa shape index (κ1) is 13.1. The molecule has 1 aromatic heterocycles. The first-order valence-electron chi connectivity index (χ1n) is 5.81. The Morgan fingerprint density at radius 2 is 2.00 bits per heavy atom. The molecular formula is C15H14O4. The minimum absolute atomic E-state index is 0.257. The van der Waals surface area contributed by atoms with Crippen LogP contribution in [0.15, 0.2) is 28.7 Å². The lowest BCUT2D eigenvalue weighted by atomic mass is 9.98. The number of aryl methyl sites for hydroxylation is 1. The molecule has 0 fully saturated rings. The predicted octanol–water partition coefficient (Wildman–Crippen LogP) is 3.16. The van der Waals surface area contributed by atoms with Crippen molar-refractivity contribution in [1.82, 2.24) is 0 Å². The Labute approximate surface area is 111 Å². The van der Waals surface area contributed by atoms with E-state index in [1.54, 1.807) is 18.2 Å². The van der Waals surface area contributed by atoms with Crippen LogP contribution >= 0.6 is 0 Å². The van der Waals surface area contributed by atoms with E-state index >= 15 is 0 Å². The van der Waals surface area contributed by atoms with Gasteiger partial charge >= 0.3 is 5.97 Å². The van der Waals surface area contributed by atoms with Crippen LogP contribution in [0.4, 0.5) is 0 Å². The highest BCUT2D eigenvalue weighted by molar-refractivity contribution is 5.93. The van der Waals surface area contributed by atoms with Crippen molar-refractivity contribution in [2.24, 2.45) is 0 Å². The summed E-state index contributed by atoms with van der Waals surface area (Å²) >= 11 is 0. The summed E-state index contributed by atoms with van der Waals surface area (Å²) in [6.45, 7) is 3.78. The fourth-order valence-corrected chi connectivity index (χ4v) is 1.89. The fraction of sp³-hybridized carbons (Fsp3) is 0.200. The summed E-state index contributed by atoms with van der Waals surface area (Å²) < 4.78 is 10.1. The van der Waals surface area contributed by atoms with Gasteiger partial charge in [-0.15, -0.1) is 0 Å². The second-order valence-electron chi connectivity index (χ2n) is 4.28. The molecule has 0 aliphatic heterocycles. The summed E-state index contributed by atoms with van der Waals surface area (Å²) in [5.74, 6) is 0.424. The predicted molar refractivity (Wildman–Crippen MR) is 70.3 cm³/mol. The SMILES string of the molecule is COC(=O)c1cc(-c2ccc(C=O)o2)cc(C)c1C. The molecule has 4 heteroatoms. The first-order valence-corrected chi connectivity index (χ1v) is 5.81. The van der Waals surface area contributed by atoms with Crippen LogP contribution in [0.1, 0.15) is 32.0 Å². The van der Waals surface area contributed by atoms with E-state index in [1.165, 1.54) is 7.11 Å². The molecule has 0 saturated heterocycles. The van der Waals surface area contributed by atoms with E-state index in [0.29, 0.717) is 17.6 Å². The zero-order valence-electron chi connectivity index (χ0n) is 11.0. The molecule has 19 heavy (non-hydrogen) atoms. The van der Waals surface area contributed by atoms with E-state index in [4.69, 9.17) is 9.15 Å². The molecule has 2 aromatic rings. The molecule has 1 heterocycles. The molecule has 1 aromatic carbocycles. The van der Waals surface area contributed by atoms with Gasteiger partial charge in [-0.25, -0.2) is 4.79 Å². The van der Waals surface area contributed by atoms with Crippen LogP contribution in [0, 0.1) is 13.8 Å². The van der Waals surface area contributed by atoms with Crippen molar-refractivity contribution in [2.45, 2.75) is 13.8 Å². The summed E-state index contributed by atoms with van der Waals surface area (Å²) in [6.07, 6.45) is 0.645. The van der Waals surface area contributed by atoms with Crippen LogP contribution < -0.4 is 0 Å². The lowest BCUT2D eigenvalue weighted by Gasteiger charge is -2.09. The van der Waals surface area contributed by atoms with Gasteiger partial charge in [-0.1, -0.05) is 0 Å². The van der Waals surface area contributed by atoms with Crippen LogP contribution in [0.25, 0.3) is 11.3 Å². The molecule has 0 radical (unpaired) electrons. The second-order valence-corrected chi connectivity index (χ2v) is 4.28. The van der Waals surface area contributed by atoms with Gasteiger partial charge in [0.25, 0.3) is 0 Å². The lowest BCUT2D eigenvalue weighted by Crippen LogP contribution is -2.05. The number of carbonyl (C=O) groups excluding carboxylic acids is 2. The maximum absolute atomic E-state index is 11.7. The molecule has 0 aliphatic carbocycles. The molecule has 0 aliphatic rings. The van der Waals surface area contributed by atoms with Crippen molar-refractivity contribution in [3.05, 3.63) is 46.7 Å². The second kappa shape index (κ2) is 5.10. The van der Waals surface area contributed by atoms with Gasteiger partial charge in [0.05, 0.1) is 12.7 Å². The van der Waals surface area contributed by atoms with E-state index < -0.39 is 0 Å². The third-order valence-corrected chi connectivity index (χ3v) is 3.10. The largest absolute Gasteiger partial charge is 0.465 e. The van der Waals surface area contributed by atoms with Gasteiger partial charge < -0.3 is 9.15 Å². The van der Waals surface area contributed by atoms with Crippen molar-refractivity contribution in [3.8, 4) is 11.3 Å². The summed E-state index contributed by atoms with van der Waals surface area (Å²) in [6, 6.07) is 6.92. The van der Waals surface area contributed by atoms with Gasteiger partial charge in [-0.05, 0) is 49.2 Å². The van der Waals surface area contributed by atoms with E-state index in [0.717, 1.165) is 16.7 Å². The maximum Gasteiger partial charge on any atom is 0.338 e. The highest BCUT2D eigenvalue weighted by atomic mass is 16.5. The molecule has 0 spiro atoms. The number of methoxy groups -OCH3 is 1. The topological polar surface area (TPSA) is 56.5 Å². The standard InChI is InChI=1S/C15H14O4/c1-9-6-11(14-5-4-12(8-16)19-14)7-13(10(9)2)15(17)18-3/h4-8H,1-3H3. The first-order chi connectivity index (χ1) is 9.06. The number of hydrogen-bond donors (Lipinski definition) is 0. The summed E-state index contributed by atoms with van der Waals surface area (Å²) in [4.78, 5) is 22.3. The number of ether oxygens (including phenoxy) is 1. The number of carbonyl (C=O) groups is 2. The number of rotatable bonds is 3. The minimum Gasteiger partial charge on any atom is -0.465 e. The van der Waals surface area contributed by atoms with Crippen molar-refractivity contribution in [3.63, 3.8) is 0 Å². The zero-order valence-corrected chi connectivity index (χ0v) is 11.0. The monoisotopic (exact) mass is 258 g/mol. The molecule has 2 rings (SSSR count). The fourth-order valence-electron chi connectivity index (χ4n) is 1.89. The Bertz CT molecular complexity index is 638. The molecule has 0 atom stereocenters. The smallest absolute Gasteiger partial charge is 0.338 e. The number of esters is 1. The molecule has 98 valence electrons. The number of furan rings is 1. The highest BCUT2D eigenvalue weighted by Crippen LogP contribution is 2.27. The van der Waals surface area contributed by atoms with Gasteiger partial charge in [0.2, 0.25) is 0 Å². The number of benzene rings is 1. The summed E-state index contributed by atoms with van der Waals surface area (Å²) in [7, 11) is 1.35. The summed E-state index contributed by atoms with van der Waals surface area (Å²) in [5, 5.41) is 0. The Morgan fingerprint density at radius 1 is 1.26 bits per heavy atom. The normalized spacial score (nSPS) is 10.3. The third kappa shape index (κ3) is 2.42. The molecule has 0 bridgehead atoms. The van der Waals surface area contributed by atoms with Gasteiger partial charge in [0, 0.05) is 5.56 Å². The average Bonchev–Trinajstić information content (AvgIpc) is 2.89. The molecular weight excluding hydrogens is 244 g/mol. The number of aldehydes is 1. The summed E-state index contributed by atoms with van der Waals surface area (Å²) in [5.41, 5.74) is 3.08. The van der Waals surface area contributed by atoms with Gasteiger partial charge in [-0.3, -0.25) is 4.79 Å². The Morgan fingerprint density at radius 3 is 2.58 bits per heavy atom. The van der Waals surface area contributed by atoms with E-state index in [1.807, 2.05) is 19.9 Å². The Balaban J connectivity index is 2.55. The van der Waals surface area contributed by atoms with E-state index in [-0.39, 0.29) is 11.7 Å². The molecule has 0 N–H and O–H groups in total.